The predicted molar refractivity (Wildman–Crippen MR) is 68.5 cm³/mol. The Morgan fingerprint density at radius 3 is 2.84 bits per heavy atom. The number of nitro benzene ring substituents is 1. The summed E-state index contributed by atoms with van der Waals surface area (Å²) < 4.78 is 0. The van der Waals surface area contributed by atoms with Crippen LogP contribution in [0.15, 0.2) is 24.5 Å². The van der Waals surface area contributed by atoms with Crippen molar-refractivity contribution in [3.63, 3.8) is 0 Å². The van der Waals surface area contributed by atoms with Gasteiger partial charge in [-0.1, -0.05) is 0 Å². The van der Waals surface area contributed by atoms with Crippen LogP contribution in [0.2, 0.25) is 0 Å². The maximum atomic E-state index is 11.0. The van der Waals surface area contributed by atoms with E-state index in [0.29, 0.717) is 16.7 Å². The van der Waals surface area contributed by atoms with Gasteiger partial charge >= 0.3 is 0 Å². The maximum Gasteiger partial charge on any atom is 0.270 e. The van der Waals surface area contributed by atoms with Crippen LogP contribution in [0.4, 0.5) is 11.5 Å². The number of nitrogens with two attached hydrogens (primary N) is 1. The number of carbonyl (C=O) groups is 1. The van der Waals surface area contributed by atoms with E-state index < -0.39 is 16.9 Å². The third-order valence-electron chi connectivity index (χ3n) is 2.61. The molecule has 0 radical (unpaired) electrons. The Balaban J connectivity index is 2.51. The number of aromatic nitrogens is 2. The standard InChI is InChI=1S/C11H11N5O3/c1-6(10(12)17)15-11-8-4-7(16(18)19)2-3-9(8)13-5-14-11/h2-6H,1H3,(H2,12,17)(H,13,14,15). The highest BCUT2D eigenvalue weighted by Gasteiger charge is 2.14. The molecule has 1 unspecified atom stereocenters. The Morgan fingerprint density at radius 1 is 1.47 bits per heavy atom. The van der Waals surface area contributed by atoms with Crippen LogP contribution in [0.5, 0.6) is 0 Å². The molecule has 1 heterocycles. The van der Waals surface area contributed by atoms with Crippen molar-refractivity contribution in [2.75, 3.05) is 5.32 Å². The van der Waals surface area contributed by atoms with Crippen LogP contribution in [0.1, 0.15) is 6.92 Å². The Labute approximate surface area is 107 Å². The molecule has 0 fully saturated rings. The number of fused-ring (bicyclic) bond motifs is 1. The molecule has 98 valence electrons. The quantitative estimate of drug-likeness (QED) is 0.620. The van der Waals surface area contributed by atoms with E-state index in [4.69, 9.17) is 5.73 Å². The van der Waals surface area contributed by atoms with Gasteiger partial charge in [0.2, 0.25) is 5.91 Å². The van der Waals surface area contributed by atoms with Crippen molar-refractivity contribution in [3.05, 3.63) is 34.6 Å². The number of nitrogens with one attached hydrogen (secondary N) is 1. The zero-order valence-corrected chi connectivity index (χ0v) is 10.0. The van der Waals surface area contributed by atoms with Gasteiger partial charge < -0.3 is 11.1 Å². The molecule has 8 nitrogen and oxygen atoms in total. The number of carbonyl (C=O) groups excluding carboxylic acids is 1. The second kappa shape index (κ2) is 4.84. The highest BCUT2D eigenvalue weighted by molar-refractivity contribution is 5.92. The lowest BCUT2D eigenvalue weighted by molar-refractivity contribution is -0.384. The Bertz CT molecular complexity index is 658. The van der Waals surface area contributed by atoms with E-state index in [1.165, 1.54) is 24.5 Å². The van der Waals surface area contributed by atoms with Gasteiger partial charge in [0.05, 0.1) is 10.4 Å². The average molecular weight is 261 g/mol. The molecule has 2 aromatic rings. The van der Waals surface area contributed by atoms with E-state index in [1.807, 2.05) is 0 Å². The van der Waals surface area contributed by atoms with E-state index in [-0.39, 0.29) is 5.69 Å². The largest absolute Gasteiger partial charge is 0.368 e. The number of amides is 1. The van der Waals surface area contributed by atoms with E-state index in [1.54, 1.807) is 6.92 Å². The number of nitrogens with zero attached hydrogens (tertiary/aromatic N) is 3. The van der Waals surface area contributed by atoms with Gasteiger partial charge in [-0.25, -0.2) is 9.97 Å². The van der Waals surface area contributed by atoms with Gasteiger partial charge in [0.25, 0.3) is 5.69 Å². The molecular weight excluding hydrogens is 250 g/mol. The molecule has 1 aromatic carbocycles. The number of anilines is 1. The number of nitro groups is 1. The van der Waals surface area contributed by atoms with Gasteiger partial charge in [0.15, 0.2) is 0 Å². The van der Waals surface area contributed by atoms with Crippen LogP contribution in [0.25, 0.3) is 10.9 Å². The first-order valence-electron chi connectivity index (χ1n) is 5.44. The van der Waals surface area contributed by atoms with Crippen LogP contribution in [0.3, 0.4) is 0 Å². The van der Waals surface area contributed by atoms with Crippen molar-refractivity contribution in [2.24, 2.45) is 5.73 Å². The average Bonchev–Trinajstić information content (AvgIpc) is 2.38. The van der Waals surface area contributed by atoms with Gasteiger partial charge in [0.1, 0.15) is 18.2 Å². The second-order valence-electron chi connectivity index (χ2n) is 3.95. The monoisotopic (exact) mass is 261 g/mol. The van der Waals surface area contributed by atoms with E-state index in [0.717, 1.165) is 0 Å². The van der Waals surface area contributed by atoms with Gasteiger partial charge in [-0.3, -0.25) is 14.9 Å². The third-order valence-corrected chi connectivity index (χ3v) is 2.61. The van der Waals surface area contributed by atoms with Crippen molar-refractivity contribution in [1.82, 2.24) is 9.97 Å². The molecular formula is C11H11N5O3. The Morgan fingerprint density at radius 2 is 2.21 bits per heavy atom. The Kier molecular flexibility index (Phi) is 3.23. The molecule has 1 aromatic heterocycles. The van der Waals surface area contributed by atoms with Crippen molar-refractivity contribution >= 4 is 28.3 Å². The summed E-state index contributed by atoms with van der Waals surface area (Å²) in [5.74, 6) is -0.211. The first-order valence-corrected chi connectivity index (χ1v) is 5.44. The lowest BCUT2D eigenvalue weighted by atomic mass is 10.2. The number of primary amides is 1. The third kappa shape index (κ3) is 2.57. The lowest BCUT2D eigenvalue weighted by Crippen LogP contribution is -2.32. The fourth-order valence-electron chi connectivity index (χ4n) is 1.55. The first-order chi connectivity index (χ1) is 8.99. The van der Waals surface area contributed by atoms with Gasteiger partial charge in [-0.15, -0.1) is 0 Å². The molecule has 0 aliphatic rings. The molecule has 0 aliphatic heterocycles. The highest BCUT2D eigenvalue weighted by atomic mass is 16.6. The minimum absolute atomic E-state index is 0.0721. The number of benzene rings is 1. The maximum absolute atomic E-state index is 11.0. The van der Waals surface area contributed by atoms with Crippen molar-refractivity contribution in [1.29, 1.82) is 0 Å². The predicted octanol–water partition coefficient (Wildman–Crippen LogP) is 0.824. The SMILES string of the molecule is CC(Nc1ncnc2ccc([N+](=O)[O-])cc12)C(N)=O. The Hall–Kier alpha value is -2.77. The number of non-ortho nitro benzene ring substituents is 1. The molecule has 2 rings (SSSR count). The number of hydrogen-bond acceptors (Lipinski definition) is 6. The molecule has 3 N–H and O–H groups in total. The molecule has 0 saturated heterocycles. The van der Waals surface area contributed by atoms with Crippen LogP contribution >= 0.6 is 0 Å². The lowest BCUT2D eigenvalue weighted by Gasteiger charge is -2.12. The smallest absolute Gasteiger partial charge is 0.270 e. The summed E-state index contributed by atoms with van der Waals surface area (Å²) in [6.07, 6.45) is 1.31. The fraction of sp³-hybridized carbons (Fsp3) is 0.182. The van der Waals surface area contributed by atoms with E-state index >= 15 is 0 Å². The van der Waals surface area contributed by atoms with Crippen molar-refractivity contribution in [3.8, 4) is 0 Å². The van der Waals surface area contributed by atoms with E-state index in [2.05, 4.69) is 15.3 Å². The van der Waals surface area contributed by atoms with Gasteiger partial charge in [0, 0.05) is 17.5 Å². The molecule has 0 aliphatic carbocycles. The summed E-state index contributed by atoms with van der Waals surface area (Å²) in [5, 5.41) is 14.0. The van der Waals surface area contributed by atoms with Gasteiger partial charge in [-0.05, 0) is 13.0 Å². The summed E-state index contributed by atoms with van der Waals surface area (Å²) in [5.41, 5.74) is 5.62. The molecule has 0 spiro atoms. The normalized spacial score (nSPS) is 12.1. The molecule has 19 heavy (non-hydrogen) atoms. The zero-order valence-electron chi connectivity index (χ0n) is 10.0. The van der Waals surface area contributed by atoms with Crippen LogP contribution in [0, 0.1) is 10.1 Å². The van der Waals surface area contributed by atoms with Crippen LogP contribution in [-0.2, 0) is 4.79 Å². The van der Waals surface area contributed by atoms with Crippen LogP contribution in [-0.4, -0.2) is 26.8 Å². The molecule has 1 atom stereocenters. The van der Waals surface area contributed by atoms with Crippen molar-refractivity contribution in [2.45, 2.75) is 13.0 Å². The summed E-state index contributed by atoms with van der Waals surface area (Å²) in [7, 11) is 0. The number of rotatable bonds is 4. The van der Waals surface area contributed by atoms with E-state index in [9.17, 15) is 14.9 Å². The minimum atomic E-state index is -0.641. The highest BCUT2D eigenvalue weighted by Crippen LogP contribution is 2.24. The molecule has 1 amide bonds. The topological polar surface area (TPSA) is 124 Å². The van der Waals surface area contributed by atoms with Crippen molar-refractivity contribution < 1.29 is 9.72 Å². The van der Waals surface area contributed by atoms with Gasteiger partial charge in [-0.2, -0.15) is 0 Å². The summed E-state index contributed by atoms with van der Waals surface area (Å²) in [4.78, 5) is 29.3. The number of hydrogen-bond donors (Lipinski definition) is 2. The molecule has 0 saturated carbocycles. The summed E-state index contributed by atoms with van der Waals surface area (Å²) in [6, 6.07) is 3.59. The van der Waals surface area contributed by atoms with Crippen LogP contribution < -0.4 is 11.1 Å². The molecule has 0 bridgehead atoms. The summed E-state index contributed by atoms with van der Waals surface area (Å²) >= 11 is 0. The molecule has 8 heteroatoms. The minimum Gasteiger partial charge on any atom is -0.368 e. The second-order valence-corrected chi connectivity index (χ2v) is 3.95. The summed E-state index contributed by atoms with van der Waals surface area (Å²) in [6.45, 7) is 1.58. The zero-order chi connectivity index (χ0) is 14.0. The fourth-order valence-corrected chi connectivity index (χ4v) is 1.55. The first kappa shape index (κ1) is 12.7.